The highest BCUT2D eigenvalue weighted by Crippen LogP contribution is 2.28. The van der Waals surface area contributed by atoms with Crippen molar-refractivity contribution < 1.29 is 9.15 Å². The zero-order valence-corrected chi connectivity index (χ0v) is 10.8. The maximum atomic E-state index is 5.95. The zero-order valence-electron chi connectivity index (χ0n) is 10.8. The summed E-state index contributed by atoms with van der Waals surface area (Å²) in [5.41, 5.74) is 7.03. The second-order valence-corrected chi connectivity index (χ2v) is 4.75. The first-order chi connectivity index (χ1) is 8.68. The molecule has 2 rings (SSSR count). The van der Waals surface area contributed by atoms with Crippen LogP contribution in [0.3, 0.4) is 0 Å². The van der Waals surface area contributed by atoms with Gasteiger partial charge < -0.3 is 14.9 Å². The van der Waals surface area contributed by atoms with Gasteiger partial charge in [-0.1, -0.05) is 19.1 Å². The number of methoxy groups -OCH3 is 1. The fourth-order valence-corrected chi connectivity index (χ4v) is 2.08. The molecule has 1 aromatic carbocycles. The van der Waals surface area contributed by atoms with Crippen LogP contribution in [-0.2, 0) is 11.8 Å². The first-order valence-corrected chi connectivity index (χ1v) is 6.05. The average Bonchev–Trinajstić information content (AvgIpc) is 2.91. The van der Waals surface area contributed by atoms with Gasteiger partial charge in [-0.25, -0.2) is 0 Å². The molecule has 0 aliphatic carbocycles. The Labute approximate surface area is 108 Å². The highest BCUT2D eigenvalue weighted by Gasteiger charge is 2.26. The van der Waals surface area contributed by atoms with Crippen molar-refractivity contribution in [2.75, 3.05) is 13.7 Å². The third-order valence-electron chi connectivity index (χ3n) is 3.38. The molecule has 1 aromatic heterocycles. The summed E-state index contributed by atoms with van der Waals surface area (Å²) in [6, 6.07) is 11.9. The van der Waals surface area contributed by atoms with E-state index >= 15 is 0 Å². The largest absolute Gasteiger partial charge is 0.497 e. The molecule has 0 amide bonds. The van der Waals surface area contributed by atoms with Gasteiger partial charge in [-0.2, -0.15) is 0 Å². The van der Waals surface area contributed by atoms with Crippen molar-refractivity contribution in [1.82, 2.24) is 0 Å². The predicted octanol–water partition coefficient (Wildman–Crippen LogP) is 2.75. The normalized spacial score (nSPS) is 14.2. The van der Waals surface area contributed by atoms with Crippen LogP contribution in [0.5, 0.6) is 5.75 Å². The maximum Gasteiger partial charge on any atom is 0.118 e. The van der Waals surface area contributed by atoms with E-state index in [0.29, 0.717) is 6.54 Å². The van der Waals surface area contributed by atoms with Gasteiger partial charge in [0, 0.05) is 18.4 Å². The van der Waals surface area contributed by atoms with Crippen LogP contribution in [0.1, 0.15) is 18.2 Å². The molecular weight excluding hydrogens is 226 g/mol. The summed E-state index contributed by atoms with van der Waals surface area (Å²) in [5, 5.41) is 0. The van der Waals surface area contributed by atoms with Crippen LogP contribution in [0, 0.1) is 0 Å². The fourth-order valence-electron chi connectivity index (χ4n) is 2.08. The first-order valence-electron chi connectivity index (χ1n) is 6.05. The Hall–Kier alpha value is -1.74. The van der Waals surface area contributed by atoms with Crippen LogP contribution >= 0.6 is 0 Å². The summed E-state index contributed by atoms with van der Waals surface area (Å²) in [5.74, 6) is 1.81. The number of benzene rings is 1. The zero-order chi connectivity index (χ0) is 13.0. The number of furan rings is 1. The second-order valence-electron chi connectivity index (χ2n) is 4.75. The number of rotatable bonds is 5. The van der Waals surface area contributed by atoms with E-state index in [1.54, 1.807) is 13.4 Å². The summed E-state index contributed by atoms with van der Waals surface area (Å²) in [4.78, 5) is 0. The van der Waals surface area contributed by atoms with Gasteiger partial charge in [-0.15, -0.1) is 0 Å². The molecular formula is C15H19NO2. The lowest BCUT2D eigenvalue weighted by Crippen LogP contribution is -2.34. The molecule has 18 heavy (non-hydrogen) atoms. The van der Waals surface area contributed by atoms with Crippen LogP contribution in [0.15, 0.2) is 47.1 Å². The Balaban J connectivity index is 2.24. The van der Waals surface area contributed by atoms with Crippen molar-refractivity contribution in [3.63, 3.8) is 0 Å². The number of hydrogen-bond acceptors (Lipinski definition) is 3. The molecule has 2 N–H and O–H groups in total. The van der Waals surface area contributed by atoms with Gasteiger partial charge in [0.05, 0.1) is 13.4 Å². The number of hydrogen-bond donors (Lipinski definition) is 1. The molecule has 96 valence electrons. The molecule has 0 aliphatic heterocycles. The van der Waals surface area contributed by atoms with Crippen molar-refractivity contribution in [3.8, 4) is 5.75 Å². The molecule has 3 heteroatoms. The lowest BCUT2D eigenvalue weighted by molar-refractivity contribution is 0.405. The van der Waals surface area contributed by atoms with E-state index in [9.17, 15) is 0 Å². The Morgan fingerprint density at radius 2 is 1.94 bits per heavy atom. The third kappa shape index (κ3) is 2.57. The molecule has 0 aliphatic rings. The molecule has 0 fully saturated rings. The van der Waals surface area contributed by atoms with Crippen molar-refractivity contribution in [1.29, 1.82) is 0 Å². The lowest BCUT2D eigenvalue weighted by Gasteiger charge is -2.27. The highest BCUT2D eigenvalue weighted by atomic mass is 16.5. The van der Waals surface area contributed by atoms with Crippen LogP contribution in [0.2, 0.25) is 0 Å². The summed E-state index contributed by atoms with van der Waals surface area (Å²) < 4.78 is 10.6. The molecule has 0 spiro atoms. The molecule has 0 radical (unpaired) electrons. The predicted molar refractivity (Wildman–Crippen MR) is 71.8 cm³/mol. The monoisotopic (exact) mass is 245 g/mol. The van der Waals surface area contributed by atoms with Crippen LogP contribution in [0.25, 0.3) is 0 Å². The van der Waals surface area contributed by atoms with E-state index in [1.807, 2.05) is 24.3 Å². The molecule has 3 nitrogen and oxygen atoms in total. The lowest BCUT2D eigenvalue weighted by atomic mass is 9.79. The standard InChI is InChI=1S/C15H19NO2/c1-15(11-16,10-14-4-3-9-18-14)12-5-7-13(17-2)8-6-12/h3-9H,10-11,16H2,1-2H3. The Morgan fingerprint density at radius 1 is 1.22 bits per heavy atom. The minimum Gasteiger partial charge on any atom is -0.497 e. The molecule has 1 atom stereocenters. The summed E-state index contributed by atoms with van der Waals surface area (Å²) in [6.07, 6.45) is 2.49. The average molecular weight is 245 g/mol. The summed E-state index contributed by atoms with van der Waals surface area (Å²) in [7, 11) is 1.67. The van der Waals surface area contributed by atoms with Gasteiger partial charge in [0.1, 0.15) is 11.5 Å². The second kappa shape index (κ2) is 5.27. The summed E-state index contributed by atoms with van der Waals surface area (Å²) >= 11 is 0. The van der Waals surface area contributed by atoms with Gasteiger partial charge in [0.2, 0.25) is 0 Å². The van der Waals surface area contributed by atoms with Crippen molar-refractivity contribution in [3.05, 3.63) is 54.0 Å². The number of nitrogens with two attached hydrogens (primary N) is 1. The van der Waals surface area contributed by atoms with E-state index in [-0.39, 0.29) is 5.41 Å². The number of ether oxygens (including phenoxy) is 1. The highest BCUT2D eigenvalue weighted by molar-refractivity contribution is 5.33. The Kier molecular flexibility index (Phi) is 3.72. The van der Waals surface area contributed by atoms with Gasteiger partial charge in [-0.05, 0) is 29.8 Å². The topological polar surface area (TPSA) is 48.4 Å². The first kappa shape index (κ1) is 12.7. The smallest absolute Gasteiger partial charge is 0.118 e. The van der Waals surface area contributed by atoms with E-state index < -0.39 is 0 Å². The van der Waals surface area contributed by atoms with E-state index in [0.717, 1.165) is 17.9 Å². The Bertz CT molecular complexity index is 476. The minimum absolute atomic E-state index is 0.121. The van der Waals surface area contributed by atoms with Gasteiger partial charge in [0.15, 0.2) is 0 Å². The van der Waals surface area contributed by atoms with Crippen LogP contribution in [-0.4, -0.2) is 13.7 Å². The maximum absolute atomic E-state index is 5.95. The SMILES string of the molecule is COc1ccc(C(C)(CN)Cc2ccco2)cc1. The quantitative estimate of drug-likeness (QED) is 0.881. The van der Waals surface area contributed by atoms with Crippen molar-refractivity contribution >= 4 is 0 Å². The minimum atomic E-state index is -0.121. The molecule has 0 saturated carbocycles. The van der Waals surface area contributed by atoms with E-state index in [1.165, 1.54) is 5.56 Å². The van der Waals surface area contributed by atoms with Crippen LogP contribution in [0.4, 0.5) is 0 Å². The van der Waals surface area contributed by atoms with E-state index in [4.69, 9.17) is 14.9 Å². The van der Waals surface area contributed by atoms with Crippen molar-refractivity contribution in [2.24, 2.45) is 5.73 Å². The summed E-state index contributed by atoms with van der Waals surface area (Å²) in [6.45, 7) is 2.72. The molecule has 2 aromatic rings. The molecule has 1 heterocycles. The van der Waals surface area contributed by atoms with Gasteiger partial charge in [0.25, 0.3) is 0 Å². The Morgan fingerprint density at radius 3 is 2.44 bits per heavy atom. The van der Waals surface area contributed by atoms with E-state index in [2.05, 4.69) is 19.1 Å². The fraction of sp³-hybridized carbons (Fsp3) is 0.333. The van der Waals surface area contributed by atoms with Crippen molar-refractivity contribution in [2.45, 2.75) is 18.8 Å². The molecule has 1 unspecified atom stereocenters. The van der Waals surface area contributed by atoms with Gasteiger partial charge in [-0.3, -0.25) is 0 Å². The van der Waals surface area contributed by atoms with Crippen LogP contribution < -0.4 is 10.5 Å². The molecule has 0 saturated heterocycles. The van der Waals surface area contributed by atoms with Gasteiger partial charge >= 0.3 is 0 Å². The third-order valence-corrected chi connectivity index (χ3v) is 3.38. The molecule has 0 bridgehead atoms.